The van der Waals surface area contributed by atoms with E-state index in [9.17, 15) is 9.90 Å². The Bertz CT molecular complexity index is 1540. The van der Waals surface area contributed by atoms with Gasteiger partial charge in [-0.1, -0.05) is 53.5 Å². The first kappa shape index (κ1) is 28.2. The molecule has 1 amide bonds. The van der Waals surface area contributed by atoms with Gasteiger partial charge >= 0.3 is 0 Å². The summed E-state index contributed by atoms with van der Waals surface area (Å²) in [5.74, 6) is 0.552. The molecule has 3 heterocycles. The predicted molar refractivity (Wildman–Crippen MR) is 156 cm³/mol. The van der Waals surface area contributed by atoms with Gasteiger partial charge in [-0.2, -0.15) is 14.6 Å². The van der Waals surface area contributed by atoms with Crippen LogP contribution in [-0.4, -0.2) is 63.6 Å². The summed E-state index contributed by atoms with van der Waals surface area (Å²) in [6.07, 6.45) is 0.816. The third-order valence-corrected chi connectivity index (χ3v) is 7.70. The maximum absolute atomic E-state index is 12.2. The van der Waals surface area contributed by atoms with Gasteiger partial charge in [-0.05, 0) is 37.6 Å². The highest BCUT2D eigenvalue weighted by Crippen LogP contribution is 2.40. The van der Waals surface area contributed by atoms with E-state index in [-0.39, 0.29) is 6.61 Å². The second kappa shape index (κ2) is 10.9. The number of halogens is 2. The summed E-state index contributed by atoms with van der Waals surface area (Å²) >= 11 is 12.9. The number of hydrogen-bond donors (Lipinski definition) is 2. The molecular weight excluding hydrogens is 553 g/mol. The molecular formula is C29H31Cl2N5O4. The van der Waals surface area contributed by atoms with Crippen molar-refractivity contribution in [2.24, 2.45) is 5.73 Å². The predicted octanol–water partition coefficient (Wildman–Crippen LogP) is 4.99. The molecule has 0 aliphatic carbocycles. The van der Waals surface area contributed by atoms with Crippen LogP contribution in [0.15, 0.2) is 54.6 Å². The van der Waals surface area contributed by atoms with Gasteiger partial charge in [-0.25, -0.2) is 0 Å². The fourth-order valence-corrected chi connectivity index (χ4v) is 5.25. The van der Waals surface area contributed by atoms with Crippen LogP contribution in [0, 0.1) is 0 Å². The number of aliphatic hydroxyl groups is 1. The molecule has 210 valence electrons. The van der Waals surface area contributed by atoms with Crippen molar-refractivity contribution < 1.29 is 19.4 Å². The molecule has 40 heavy (non-hydrogen) atoms. The number of rotatable bonds is 8. The van der Waals surface area contributed by atoms with E-state index in [0.29, 0.717) is 59.0 Å². The minimum Gasteiger partial charge on any atom is -0.474 e. The molecule has 1 aliphatic rings. The van der Waals surface area contributed by atoms with Gasteiger partial charge < -0.3 is 25.2 Å². The lowest BCUT2D eigenvalue weighted by Gasteiger charge is -2.39. The number of nitrogens with two attached hydrogens (primary N) is 1. The maximum Gasteiger partial charge on any atom is 0.249 e. The minimum atomic E-state index is -1.07. The number of hydrogen-bond acceptors (Lipinski definition) is 7. The molecule has 2 aromatic carbocycles. The Morgan fingerprint density at radius 2 is 1.80 bits per heavy atom. The van der Waals surface area contributed by atoms with Crippen LogP contribution in [0.4, 0.5) is 5.82 Å². The average Bonchev–Trinajstić information content (AvgIpc) is 3.31. The van der Waals surface area contributed by atoms with Gasteiger partial charge in [0.05, 0.1) is 16.2 Å². The Labute approximate surface area is 242 Å². The fraction of sp³-hybridized carbons (Fsp3) is 0.345. The van der Waals surface area contributed by atoms with Crippen molar-refractivity contribution >= 4 is 40.6 Å². The topological polar surface area (TPSA) is 115 Å². The van der Waals surface area contributed by atoms with E-state index >= 15 is 0 Å². The van der Waals surface area contributed by atoms with E-state index in [1.54, 1.807) is 24.4 Å². The van der Waals surface area contributed by atoms with Crippen molar-refractivity contribution in [2.45, 2.75) is 37.9 Å². The normalized spacial score (nSPS) is 15.4. The average molecular weight is 585 g/mol. The van der Waals surface area contributed by atoms with E-state index < -0.39 is 17.1 Å². The number of piperidine rings is 1. The van der Waals surface area contributed by atoms with E-state index in [1.807, 2.05) is 48.5 Å². The van der Waals surface area contributed by atoms with Gasteiger partial charge in [0.1, 0.15) is 23.7 Å². The summed E-state index contributed by atoms with van der Waals surface area (Å²) < 4.78 is 13.3. The number of primary amides is 1. The maximum atomic E-state index is 12.2. The first-order chi connectivity index (χ1) is 19.0. The number of aromatic nitrogens is 3. The van der Waals surface area contributed by atoms with Crippen molar-refractivity contribution in [1.29, 1.82) is 0 Å². The Kier molecular flexibility index (Phi) is 7.67. The largest absolute Gasteiger partial charge is 0.474 e. The summed E-state index contributed by atoms with van der Waals surface area (Å²) in [6, 6.07) is 16.7. The van der Waals surface area contributed by atoms with Crippen molar-refractivity contribution in [2.75, 3.05) is 31.7 Å². The zero-order valence-electron chi connectivity index (χ0n) is 22.5. The highest BCUT2D eigenvalue weighted by atomic mass is 35.5. The third-order valence-electron chi connectivity index (χ3n) is 7.12. The smallest absolute Gasteiger partial charge is 0.249 e. The fourth-order valence-electron chi connectivity index (χ4n) is 4.90. The Hall–Kier alpha value is -3.37. The number of methoxy groups -OCH3 is 1. The molecule has 1 fully saturated rings. The molecule has 4 aromatic rings. The molecule has 2 aromatic heterocycles. The van der Waals surface area contributed by atoms with E-state index in [2.05, 4.69) is 4.90 Å². The summed E-state index contributed by atoms with van der Waals surface area (Å²) in [5.41, 5.74) is 7.12. The number of fused-ring (bicyclic) bond motifs is 1. The number of anilines is 1. The molecule has 0 bridgehead atoms. The Morgan fingerprint density at radius 1 is 1.12 bits per heavy atom. The molecule has 0 radical (unpaired) electrons. The first-order valence-corrected chi connectivity index (χ1v) is 13.7. The lowest BCUT2D eigenvalue weighted by atomic mass is 9.90. The number of benzene rings is 2. The minimum absolute atomic E-state index is 0.0336. The lowest BCUT2D eigenvalue weighted by Crippen LogP contribution is -2.53. The van der Waals surface area contributed by atoms with Crippen LogP contribution >= 0.6 is 23.2 Å². The van der Waals surface area contributed by atoms with Gasteiger partial charge in [0.15, 0.2) is 5.65 Å². The van der Waals surface area contributed by atoms with Gasteiger partial charge in [0.25, 0.3) is 0 Å². The molecule has 5 rings (SSSR count). The van der Waals surface area contributed by atoms with Crippen molar-refractivity contribution in [3.63, 3.8) is 0 Å². The van der Waals surface area contributed by atoms with Crippen molar-refractivity contribution in [1.82, 2.24) is 14.6 Å². The summed E-state index contributed by atoms with van der Waals surface area (Å²) in [7, 11) is 1.51. The van der Waals surface area contributed by atoms with Gasteiger partial charge in [0.2, 0.25) is 11.8 Å². The Morgan fingerprint density at radius 3 is 2.40 bits per heavy atom. The molecule has 9 nitrogen and oxygen atoms in total. The van der Waals surface area contributed by atoms with Crippen LogP contribution in [-0.2, 0) is 9.53 Å². The van der Waals surface area contributed by atoms with Gasteiger partial charge in [0, 0.05) is 49.7 Å². The summed E-state index contributed by atoms with van der Waals surface area (Å²) in [4.78, 5) is 19.1. The SMILES string of the molecule is COC1(C(N)=O)CCN(c2cc(OCC(C)(C)O)nc3c(-c4ccc(Cl)cc4)c(-c4ccccc4Cl)nn23)CC1. The first-order valence-electron chi connectivity index (χ1n) is 12.9. The second-order valence-corrected chi connectivity index (χ2v) is 11.4. The highest BCUT2D eigenvalue weighted by molar-refractivity contribution is 6.33. The molecule has 0 unspecified atom stereocenters. The van der Waals surface area contributed by atoms with E-state index in [4.69, 9.17) is 48.5 Å². The third kappa shape index (κ3) is 5.47. The number of ether oxygens (including phenoxy) is 2. The lowest BCUT2D eigenvalue weighted by molar-refractivity contribution is -0.142. The highest BCUT2D eigenvalue weighted by Gasteiger charge is 2.41. The monoisotopic (exact) mass is 583 g/mol. The quantitative estimate of drug-likeness (QED) is 0.300. The van der Waals surface area contributed by atoms with Crippen molar-refractivity contribution in [3.05, 3.63) is 64.6 Å². The van der Waals surface area contributed by atoms with Crippen LogP contribution < -0.4 is 15.4 Å². The number of nitrogens with zero attached hydrogens (tertiary/aromatic N) is 4. The van der Waals surface area contributed by atoms with E-state index in [1.165, 1.54) is 7.11 Å². The molecule has 1 saturated heterocycles. The van der Waals surface area contributed by atoms with Crippen LogP contribution in [0.25, 0.3) is 28.0 Å². The van der Waals surface area contributed by atoms with Gasteiger partial charge in [-0.3, -0.25) is 4.79 Å². The number of carbonyl (C=O) groups excluding carboxylic acids is 1. The number of amides is 1. The molecule has 1 aliphatic heterocycles. The van der Waals surface area contributed by atoms with Crippen LogP contribution in [0.1, 0.15) is 26.7 Å². The zero-order chi connectivity index (χ0) is 28.7. The van der Waals surface area contributed by atoms with Crippen LogP contribution in [0.5, 0.6) is 5.88 Å². The van der Waals surface area contributed by atoms with Crippen LogP contribution in [0.3, 0.4) is 0 Å². The zero-order valence-corrected chi connectivity index (χ0v) is 24.0. The molecule has 3 N–H and O–H groups in total. The van der Waals surface area contributed by atoms with Crippen molar-refractivity contribution in [3.8, 4) is 28.3 Å². The second-order valence-electron chi connectivity index (χ2n) is 10.5. The molecule has 0 spiro atoms. The van der Waals surface area contributed by atoms with Gasteiger partial charge in [-0.15, -0.1) is 0 Å². The summed E-state index contributed by atoms with van der Waals surface area (Å²) in [5, 5.41) is 16.5. The van der Waals surface area contributed by atoms with E-state index in [0.717, 1.165) is 16.7 Å². The summed E-state index contributed by atoms with van der Waals surface area (Å²) in [6.45, 7) is 4.33. The number of carbonyl (C=O) groups is 1. The molecule has 11 heteroatoms. The van der Waals surface area contributed by atoms with Crippen LogP contribution in [0.2, 0.25) is 10.0 Å². The molecule has 0 atom stereocenters. The molecule has 0 saturated carbocycles. The Balaban J connectivity index is 1.72. The standard InChI is InChI=1S/C29H31Cl2N5O4/c1-28(2,38)17-40-22-16-23(35-14-12-29(39-3,13-15-35)27(32)37)36-26(33-22)24(18-8-10-19(30)11-9-18)25(34-36)20-6-4-5-7-21(20)31/h4-11,16,38H,12-15,17H2,1-3H3,(H2,32,37).